The van der Waals surface area contributed by atoms with Crippen LogP contribution in [-0.2, 0) is 15.6 Å². The molecule has 2 N–H and O–H groups in total. The zero-order valence-electron chi connectivity index (χ0n) is 8.78. The van der Waals surface area contributed by atoms with Crippen molar-refractivity contribution in [2.24, 2.45) is 5.73 Å². The van der Waals surface area contributed by atoms with Crippen molar-refractivity contribution in [1.82, 2.24) is 0 Å². The molecule has 0 saturated heterocycles. The van der Waals surface area contributed by atoms with Gasteiger partial charge in [-0.25, -0.2) is 12.8 Å². The lowest BCUT2D eigenvalue weighted by molar-refractivity contribution is 0.582. The van der Waals surface area contributed by atoms with E-state index in [1.165, 1.54) is 18.2 Å². The maximum absolute atomic E-state index is 12.8. The first kappa shape index (κ1) is 13.6. The fourth-order valence-electron chi connectivity index (χ4n) is 1.14. The summed E-state index contributed by atoms with van der Waals surface area (Å²) in [7, 11) is -3.28. The molecule has 0 fully saturated rings. The van der Waals surface area contributed by atoms with Gasteiger partial charge in [-0.1, -0.05) is 22.0 Å². The minimum atomic E-state index is -3.28. The van der Waals surface area contributed by atoms with Gasteiger partial charge in [0.2, 0.25) is 0 Å². The number of halogens is 2. The molecule has 1 unspecified atom stereocenters. The highest BCUT2D eigenvalue weighted by Crippen LogP contribution is 2.21. The van der Waals surface area contributed by atoms with Gasteiger partial charge >= 0.3 is 0 Å². The average Bonchev–Trinajstić information content (AvgIpc) is 2.21. The summed E-state index contributed by atoms with van der Waals surface area (Å²) in [5, 5.41) is -0.593. The van der Waals surface area contributed by atoms with Crippen molar-refractivity contribution in [1.29, 1.82) is 0 Å². The SMILES string of the molecule is CC(CN)S(=O)(=O)Cc1ccc(F)cc1Br. The molecule has 0 spiro atoms. The van der Waals surface area contributed by atoms with E-state index in [1.807, 2.05) is 0 Å². The number of sulfone groups is 1. The zero-order chi connectivity index (χ0) is 12.3. The summed E-state index contributed by atoms with van der Waals surface area (Å²) in [4.78, 5) is 0. The Morgan fingerprint density at radius 3 is 2.62 bits per heavy atom. The second-order valence-electron chi connectivity index (χ2n) is 3.59. The third kappa shape index (κ3) is 3.26. The number of rotatable bonds is 4. The van der Waals surface area contributed by atoms with Gasteiger partial charge in [0.05, 0.1) is 11.0 Å². The lowest BCUT2D eigenvalue weighted by Crippen LogP contribution is -2.27. The Bertz CT molecular complexity index is 476. The Labute approximate surface area is 103 Å². The third-order valence-corrected chi connectivity index (χ3v) is 5.19. The van der Waals surface area contributed by atoms with Crippen LogP contribution in [0.2, 0.25) is 0 Å². The molecule has 0 radical (unpaired) electrons. The molecule has 1 aromatic carbocycles. The fourth-order valence-corrected chi connectivity index (χ4v) is 3.08. The smallest absolute Gasteiger partial charge is 0.158 e. The van der Waals surface area contributed by atoms with Crippen molar-refractivity contribution >= 4 is 25.8 Å². The molecule has 0 aromatic heterocycles. The van der Waals surface area contributed by atoms with Gasteiger partial charge in [-0.05, 0) is 24.6 Å². The highest BCUT2D eigenvalue weighted by atomic mass is 79.9. The van der Waals surface area contributed by atoms with Crippen LogP contribution in [0.5, 0.6) is 0 Å². The normalized spacial score (nSPS) is 13.8. The van der Waals surface area contributed by atoms with E-state index in [0.717, 1.165) is 0 Å². The molecule has 1 atom stereocenters. The Morgan fingerprint density at radius 2 is 2.12 bits per heavy atom. The lowest BCUT2D eigenvalue weighted by Gasteiger charge is -2.11. The number of hydrogen-bond acceptors (Lipinski definition) is 3. The summed E-state index contributed by atoms with van der Waals surface area (Å²) in [5.41, 5.74) is 5.87. The topological polar surface area (TPSA) is 60.2 Å². The van der Waals surface area contributed by atoms with Gasteiger partial charge in [0, 0.05) is 11.0 Å². The van der Waals surface area contributed by atoms with E-state index in [1.54, 1.807) is 6.92 Å². The molecular weight excluding hydrogens is 297 g/mol. The number of hydrogen-bond donors (Lipinski definition) is 1. The molecule has 0 aliphatic carbocycles. The molecule has 0 aliphatic heterocycles. The molecule has 0 amide bonds. The van der Waals surface area contributed by atoms with Crippen LogP contribution in [0.4, 0.5) is 4.39 Å². The first-order valence-electron chi connectivity index (χ1n) is 4.72. The summed E-state index contributed by atoms with van der Waals surface area (Å²) in [6.07, 6.45) is 0. The van der Waals surface area contributed by atoms with Crippen LogP contribution in [0.3, 0.4) is 0 Å². The first-order valence-corrected chi connectivity index (χ1v) is 7.23. The van der Waals surface area contributed by atoms with Crippen molar-refractivity contribution in [2.45, 2.75) is 17.9 Å². The number of nitrogens with two attached hydrogens (primary N) is 1. The van der Waals surface area contributed by atoms with Gasteiger partial charge in [0.15, 0.2) is 9.84 Å². The van der Waals surface area contributed by atoms with Crippen molar-refractivity contribution in [3.05, 3.63) is 34.1 Å². The number of benzene rings is 1. The van der Waals surface area contributed by atoms with E-state index in [9.17, 15) is 12.8 Å². The van der Waals surface area contributed by atoms with Crippen LogP contribution in [0.25, 0.3) is 0 Å². The van der Waals surface area contributed by atoms with Gasteiger partial charge < -0.3 is 5.73 Å². The molecule has 6 heteroatoms. The molecule has 1 aromatic rings. The van der Waals surface area contributed by atoms with Crippen LogP contribution in [-0.4, -0.2) is 20.2 Å². The summed E-state index contributed by atoms with van der Waals surface area (Å²) in [5.74, 6) is -0.536. The van der Waals surface area contributed by atoms with Gasteiger partial charge in [-0.15, -0.1) is 0 Å². The average molecular weight is 310 g/mol. The molecule has 90 valence electrons. The van der Waals surface area contributed by atoms with Gasteiger partial charge in [0.1, 0.15) is 5.82 Å². The Balaban J connectivity index is 2.97. The van der Waals surface area contributed by atoms with Gasteiger partial charge in [-0.2, -0.15) is 0 Å². The minimum Gasteiger partial charge on any atom is -0.329 e. The molecule has 0 heterocycles. The predicted molar refractivity (Wildman–Crippen MR) is 65.2 cm³/mol. The van der Waals surface area contributed by atoms with E-state index < -0.39 is 20.9 Å². The second kappa shape index (κ2) is 5.25. The summed E-state index contributed by atoms with van der Waals surface area (Å²) >= 11 is 3.14. The van der Waals surface area contributed by atoms with Gasteiger partial charge in [-0.3, -0.25) is 0 Å². The van der Waals surface area contributed by atoms with Crippen LogP contribution in [0.15, 0.2) is 22.7 Å². The molecular formula is C10H13BrFNO2S. The summed E-state index contributed by atoms with van der Waals surface area (Å²) < 4.78 is 36.8. The maximum atomic E-state index is 12.8. The van der Waals surface area contributed by atoms with E-state index in [-0.39, 0.29) is 12.3 Å². The largest absolute Gasteiger partial charge is 0.329 e. The van der Waals surface area contributed by atoms with Crippen molar-refractivity contribution < 1.29 is 12.8 Å². The monoisotopic (exact) mass is 309 g/mol. The highest BCUT2D eigenvalue weighted by molar-refractivity contribution is 9.10. The molecule has 3 nitrogen and oxygen atoms in total. The Morgan fingerprint density at radius 1 is 1.50 bits per heavy atom. The molecule has 0 bridgehead atoms. The molecule has 1 rings (SSSR count). The van der Waals surface area contributed by atoms with Crippen LogP contribution >= 0.6 is 15.9 Å². The van der Waals surface area contributed by atoms with E-state index in [2.05, 4.69) is 15.9 Å². The molecule has 0 saturated carbocycles. The van der Waals surface area contributed by atoms with Crippen molar-refractivity contribution in [3.8, 4) is 0 Å². The first-order chi connectivity index (χ1) is 7.36. The minimum absolute atomic E-state index is 0.0845. The standard InChI is InChI=1S/C10H13BrFNO2S/c1-7(5-13)16(14,15)6-8-2-3-9(12)4-10(8)11/h2-4,7H,5-6,13H2,1H3. The van der Waals surface area contributed by atoms with E-state index >= 15 is 0 Å². The lowest BCUT2D eigenvalue weighted by atomic mass is 10.2. The Kier molecular flexibility index (Phi) is 4.46. The highest BCUT2D eigenvalue weighted by Gasteiger charge is 2.20. The second-order valence-corrected chi connectivity index (χ2v) is 6.86. The summed E-state index contributed by atoms with van der Waals surface area (Å²) in [6.45, 7) is 1.65. The third-order valence-electron chi connectivity index (χ3n) is 2.32. The van der Waals surface area contributed by atoms with Gasteiger partial charge in [0.25, 0.3) is 0 Å². The van der Waals surface area contributed by atoms with E-state index in [4.69, 9.17) is 5.73 Å². The van der Waals surface area contributed by atoms with Crippen LogP contribution in [0, 0.1) is 5.82 Å². The van der Waals surface area contributed by atoms with Crippen molar-refractivity contribution in [2.75, 3.05) is 6.54 Å². The van der Waals surface area contributed by atoms with Crippen LogP contribution < -0.4 is 5.73 Å². The zero-order valence-corrected chi connectivity index (χ0v) is 11.2. The molecule has 0 aliphatic rings. The van der Waals surface area contributed by atoms with E-state index in [0.29, 0.717) is 10.0 Å². The Hall–Kier alpha value is -0.460. The summed E-state index contributed by atoms with van der Waals surface area (Å²) in [6, 6.07) is 3.95. The quantitative estimate of drug-likeness (QED) is 0.923. The fraction of sp³-hybridized carbons (Fsp3) is 0.400. The van der Waals surface area contributed by atoms with Crippen LogP contribution in [0.1, 0.15) is 12.5 Å². The molecule has 16 heavy (non-hydrogen) atoms. The van der Waals surface area contributed by atoms with Crippen molar-refractivity contribution in [3.63, 3.8) is 0 Å². The predicted octanol–water partition coefficient (Wildman–Crippen LogP) is 1.85. The maximum Gasteiger partial charge on any atom is 0.158 e.